The molecule has 0 bridgehead atoms. The first-order valence-corrected chi connectivity index (χ1v) is 8.74. The Morgan fingerprint density at radius 1 is 0.731 bits per heavy atom. The van der Waals surface area contributed by atoms with Gasteiger partial charge in [0.1, 0.15) is 0 Å². The fourth-order valence-corrected chi connectivity index (χ4v) is 3.62. The van der Waals surface area contributed by atoms with Crippen LogP contribution in [-0.4, -0.2) is 26.4 Å². The van der Waals surface area contributed by atoms with Crippen LogP contribution >= 0.6 is 0 Å². The summed E-state index contributed by atoms with van der Waals surface area (Å²) in [6.07, 6.45) is -0.118. The summed E-state index contributed by atoms with van der Waals surface area (Å²) >= 11 is 0. The maximum absolute atomic E-state index is 9.84. The van der Waals surface area contributed by atoms with Gasteiger partial charge in [-0.05, 0) is 47.2 Å². The van der Waals surface area contributed by atoms with E-state index in [1.54, 1.807) is 27.4 Å². The highest BCUT2D eigenvalue weighted by molar-refractivity contribution is 5.45. The van der Waals surface area contributed by atoms with E-state index in [0.717, 1.165) is 11.1 Å². The summed E-state index contributed by atoms with van der Waals surface area (Å²) in [5, 5.41) is 9.84. The van der Waals surface area contributed by atoms with Crippen LogP contribution in [0.25, 0.3) is 0 Å². The van der Waals surface area contributed by atoms with Crippen molar-refractivity contribution in [1.29, 1.82) is 0 Å². The minimum absolute atomic E-state index is 0.0467. The molecule has 2 aromatic carbocycles. The van der Waals surface area contributed by atoms with E-state index in [9.17, 15) is 5.11 Å². The van der Waals surface area contributed by atoms with Gasteiger partial charge in [0.05, 0.1) is 33.5 Å². The van der Waals surface area contributed by atoms with Gasteiger partial charge in [-0.2, -0.15) is 0 Å². The highest BCUT2D eigenvalue weighted by Gasteiger charge is 2.41. The molecule has 1 N–H and O–H groups in total. The van der Waals surface area contributed by atoms with Gasteiger partial charge in [0, 0.05) is 0 Å². The summed E-state index contributed by atoms with van der Waals surface area (Å²) in [7, 11) is 4.81. The van der Waals surface area contributed by atoms with Gasteiger partial charge in [-0.25, -0.2) is 0 Å². The van der Waals surface area contributed by atoms with E-state index in [1.807, 2.05) is 30.3 Å². The number of ether oxygens (including phenoxy) is 4. The van der Waals surface area contributed by atoms with Gasteiger partial charge in [0.2, 0.25) is 0 Å². The second kappa shape index (κ2) is 7.46. The summed E-state index contributed by atoms with van der Waals surface area (Å²) in [4.78, 5) is 0. The Kier molecular flexibility index (Phi) is 5.28. The molecule has 0 saturated carbocycles. The van der Waals surface area contributed by atoms with E-state index in [4.69, 9.17) is 18.9 Å². The van der Waals surface area contributed by atoms with Gasteiger partial charge in [0.15, 0.2) is 23.0 Å². The Morgan fingerprint density at radius 2 is 1.23 bits per heavy atom. The highest BCUT2D eigenvalue weighted by atomic mass is 16.5. The molecule has 0 spiro atoms. The van der Waals surface area contributed by atoms with E-state index >= 15 is 0 Å². The van der Waals surface area contributed by atoms with Crippen molar-refractivity contribution in [2.75, 3.05) is 21.3 Å². The lowest BCUT2D eigenvalue weighted by atomic mass is 9.85. The van der Waals surface area contributed by atoms with Crippen molar-refractivity contribution in [3.05, 3.63) is 47.5 Å². The van der Waals surface area contributed by atoms with Crippen LogP contribution in [0.1, 0.15) is 37.2 Å². The number of hydrogen-bond donors (Lipinski definition) is 1. The van der Waals surface area contributed by atoms with Crippen molar-refractivity contribution in [3.8, 4) is 23.0 Å². The van der Waals surface area contributed by atoms with E-state index in [0.29, 0.717) is 29.1 Å². The molecule has 0 amide bonds. The maximum atomic E-state index is 9.84. The fourth-order valence-electron chi connectivity index (χ4n) is 3.62. The monoisotopic (exact) mass is 358 g/mol. The predicted molar refractivity (Wildman–Crippen MR) is 99.1 cm³/mol. The number of rotatable bonds is 5. The summed E-state index contributed by atoms with van der Waals surface area (Å²) in [5.41, 5.74) is 2.07. The van der Waals surface area contributed by atoms with E-state index in [-0.39, 0.29) is 18.0 Å². The van der Waals surface area contributed by atoms with Crippen LogP contribution in [0.5, 0.6) is 23.0 Å². The Morgan fingerprint density at radius 3 is 1.77 bits per heavy atom. The average molecular weight is 358 g/mol. The van der Waals surface area contributed by atoms with Gasteiger partial charge in [-0.15, -0.1) is 0 Å². The van der Waals surface area contributed by atoms with Gasteiger partial charge in [-0.1, -0.05) is 26.0 Å². The van der Waals surface area contributed by atoms with Crippen molar-refractivity contribution in [2.45, 2.75) is 26.1 Å². The molecule has 3 rings (SSSR count). The number of hydrogen-bond acceptors (Lipinski definition) is 5. The van der Waals surface area contributed by atoms with Crippen LogP contribution < -0.4 is 14.2 Å². The molecule has 1 aliphatic rings. The second-order valence-corrected chi connectivity index (χ2v) is 6.74. The lowest BCUT2D eigenvalue weighted by Gasteiger charge is -2.18. The molecule has 1 aliphatic heterocycles. The topological polar surface area (TPSA) is 57.2 Å². The van der Waals surface area contributed by atoms with Crippen molar-refractivity contribution < 1.29 is 24.1 Å². The number of phenols is 1. The molecule has 0 aromatic heterocycles. The van der Waals surface area contributed by atoms with Crippen LogP contribution in [0.3, 0.4) is 0 Å². The van der Waals surface area contributed by atoms with Crippen molar-refractivity contribution in [2.24, 2.45) is 11.8 Å². The number of aromatic hydroxyl groups is 1. The van der Waals surface area contributed by atoms with E-state index in [2.05, 4.69) is 13.8 Å². The van der Waals surface area contributed by atoms with Gasteiger partial charge in [0.25, 0.3) is 0 Å². The molecule has 5 nitrogen and oxygen atoms in total. The molecule has 5 heteroatoms. The molecule has 4 atom stereocenters. The Hall–Kier alpha value is -2.40. The fraction of sp³-hybridized carbons (Fsp3) is 0.429. The summed E-state index contributed by atoms with van der Waals surface area (Å²) in [6, 6.07) is 11.3. The first-order valence-electron chi connectivity index (χ1n) is 8.74. The van der Waals surface area contributed by atoms with Crippen molar-refractivity contribution >= 4 is 0 Å². The minimum atomic E-state index is -0.0717. The lowest BCUT2D eigenvalue weighted by molar-refractivity contribution is 0.0288. The normalized spacial score (nSPS) is 25.1. The van der Waals surface area contributed by atoms with Crippen molar-refractivity contribution in [1.82, 2.24) is 0 Å². The molecule has 0 radical (unpaired) electrons. The molecule has 1 saturated heterocycles. The third-order valence-electron chi connectivity index (χ3n) is 5.35. The maximum Gasteiger partial charge on any atom is 0.161 e. The van der Waals surface area contributed by atoms with Gasteiger partial charge >= 0.3 is 0 Å². The summed E-state index contributed by atoms with van der Waals surface area (Å²) in [6.45, 7) is 4.39. The van der Waals surface area contributed by atoms with Crippen LogP contribution in [0.15, 0.2) is 36.4 Å². The first kappa shape index (κ1) is 18.4. The Labute approximate surface area is 154 Å². The molecule has 2 aromatic rings. The average Bonchev–Trinajstić information content (AvgIpc) is 2.96. The van der Waals surface area contributed by atoms with Crippen LogP contribution in [0.4, 0.5) is 0 Å². The third kappa shape index (κ3) is 3.19. The van der Waals surface area contributed by atoms with Gasteiger partial charge < -0.3 is 24.1 Å². The molecule has 26 heavy (non-hydrogen) atoms. The molecule has 1 fully saturated rings. The standard InChI is InChI=1S/C21H26O5/c1-12-13(2)21(15-7-9-17(23-3)19(11-15)25-5)26-20(12)14-6-8-16(22)18(10-14)24-4/h6-13,20-22H,1-5H3/t12-,13-,20+,21-/m0/s1. The minimum Gasteiger partial charge on any atom is -0.504 e. The Balaban J connectivity index is 1.90. The van der Waals surface area contributed by atoms with E-state index < -0.39 is 0 Å². The molecule has 0 unspecified atom stereocenters. The van der Waals surface area contributed by atoms with Gasteiger partial charge in [-0.3, -0.25) is 0 Å². The number of phenolic OH excluding ortho intramolecular Hbond substituents is 1. The zero-order chi connectivity index (χ0) is 18.8. The predicted octanol–water partition coefficient (Wildman–Crippen LogP) is 4.50. The summed E-state index contributed by atoms with van der Waals surface area (Å²) in [5.74, 6) is 2.62. The molecular weight excluding hydrogens is 332 g/mol. The zero-order valence-corrected chi connectivity index (χ0v) is 15.9. The number of methoxy groups -OCH3 is 3. The van der Waals surface area contributed by atoms with Crippen molar-refractivity contribution in [3.63, 3.8) is 0 Å². The largest absolute Gasteiger partial charge is 0.504 e. The quantitative estimate of drug-likeness (QED) is 0.853. The molecule has 0 aliphatic carbocycles. The molecular formula is C21H26O5. The zero-order valence-electron chi connectivity index (χ0n) is 15.9. The lowest BCUT2D eigenvalue weighted by Crippen LogP contribution is -2.10. The molecule has 140 valence electrons. The highest BCUT2D eigenvalue weighted by Crippen LogP contribution is 2.50. The number of benzene rings is 2. The summed E-state index contributed by atoms with van der Waals surface area (Å²) < 4.78 is 22.4. The van der Waals surface area contributed by atoms with E-state index in [1.165, 1.54) is 0 Å². The third-order valence-corrected chi connectivity index (χ3v) is 5.35. The second-order valence-electron chi connectivity index (χ2n) is 6.74. The van der Waals surface area contributed by atoms with Crippen LogP contribution in [0.2, 0.25) is 0 Å². The smallest absolute Gasteiger partial charge is 0.161 e. The Bertz CT molecular complexity index is 773. The SMILES string of the molecule is COc1cc([C@@H]2O[C@H](c3ccc(OC)c(OC)c3)[C@@H](C)[C@@H]2C)ccc1O. The van der Waals surface area contributed by atoms with Crippen LogP contribution in [0, 0.1) is 11.8 Å². The van der Waals surface area contributed by atoms with Crippen LogP contribution in [-0.2, 0) is 4.74 Å². The first-order chi connectivity index (χ1) is 12.5. The molecule has 1 heterocycles.